The zero-order valence-electron chi connectivity index (χ0n) is 17.1. The van der Waals surface area contributed by atoms with Gasteiger partial charge in [0.15, 0.2) is 28.3 Å². The van der Waals surface area contributed by atoms with Gasteiger partial charge >= 0.3 is 5.51 Å². The van der Waals surface area contributed by atoms with Crippen LogP contribution in [0.4, 0.5) is 13.2 Å². The molecular weight excluding hydrogens is 489 g/mol. The fourth-order valence-electron chi connectivity index (χ4n) is 2.48. The van der Waals surface area contributed by atoms with E-state index in [9.17, 15) is 22.8 Å². The molecule has 178 valence electrons. The molecule has 0 aliphatic carbocycles. The van der Waals surface area contributed by atoms with Gasteiger partial charge in [0.1, 0.15) is 7.05 Å². The van der Waals surface area contributed by atoms with Crippen LogP contribution in [0.3, 0.4) is 0 Å². The number of halogens is 4. The van der Waals surface area contributed by atoms with Crippen molar-refractivity contribution in [3.63, 3.8) is 0 Å². The Morgan fingerprint density at radius 1 is 0.970 bits per heavy atom. The van der Waals surface area contributed by atoms with E-state index in [1.54, 1.807) is 60.3 Å². The van der Waals surface area contributed by atoms with Crippen molar-refractivity contribution in [2.24, 2.45) is 14.1 Å². The number of hydrogen-bond acceptors (Lipinski definition) is 5. The minimum atomic E-state index is -6.09. The Morgan fingerprint density at radius 3 is 1.88 bits per heavy atom. The lowest BCUT2D eigenvalue weighted by molar-refractivity contribution is -0.671. The molecule has 3 rings (SSSR count). The van der Waals surface area contributed by atoms with Gasteiger partial charge in [-0.3, -0.25) is 9.59 Å². The molecule has 0 bridgehead atoms. The predicted molar refractivity (Wildman–Crippen MR) is 111 cm³/mol. The van der Waals surface area contributed by atoms with E-state index in [4.69, 9.17) is 24.6 Å². The summed E-state index contributed by atoms with van der Waals surface area (Å²) in [7, 11) is -2.45. The average molecular weight is 507 g/mol. The maximum atomic E-state index is 12.6. The Balaban J connectivity index is 0.000000523. The SMILES string of the molecule is Cn1cc(C(=O)c2cc[n+](C)cc2)cc1C(=O)c1ccc(Cl)cc1.O.O=S(=O)([O-])C(F)(F)F. The van der Waals surface area contributed by atoms with E-state index in [0.717, 1.165) is 0 Å². The summed E-state index contributed by atoms with van der Waals surface area (Å²) in [5.74, 6) is -0.256. The number of rotatable bonds is 4. The standard InChI is InChI=1S/C19H16ClN2O2.CHF3O3S.H2O/c1-21-9-7-14(8-10-21)18(23)15-11-17(22(2)12-15)19(24)13-3-5-16(20)6-4-13;2-1(3,4)8(5,6)7;/h3-12H,1-2H3;(H,5,6,7);1H2/q+1;;/p-1. The van der Waals surface area contributed by atoms with Crippen molar-refractivity contribution in [1.29, 1.82) is 0 Å². The first-order valence-electron chi connectivity index (χ1n) is 8.69. The molecule has 0 atom stereocenters. The summed E-state index contributed by atoms with van der Waals surface area (Å²) in [6.45, 7) is 0. The van der Waals surface area contributed by atoms with Gasteiger partial charge in [-0.15, -0.1) is 0 Å². The molecule has 2 N–H and O–H groups in total. The number of hydrogen-bond donors (Lipinski definition) is 0. The van der Waals surface area contributed by atoms with Crippen LogP contribution < -0.4 is 4.57 Å². The van der Waals surface area contributed by atoms with Crippen molar-refractivity contribution in [3.8, 4) is 0 Å². The second kappa shape index (κ2) is 10.7. The molecule has 0 fully saturated rings. The molecule has 0 saturated heterocycles. The van der Waals surface area contributed by atoms with Gasteiger partial charge in [0.05, 0.1) is 5.69 Å². The summed E-state index contributed by atoms with van der Waals surface area (Å²) in [6.07, 6.45) is 5.31. The third-order valence-corrected chi connectivity index (χ3v) is 4.95. The van der Waals surface area contributed by atoms with Crippen LogP contribution in [0.5, 0.6) is 0 Å². The molecule has 0 spiro atoms. The molecule has 0 aliphatic heterocycles. The minimum absolute atomic E-state index is 0. The van der Waals surface area contributed by atoms with Gasteiger partial charge in [0.2, 0.25) is 5.78 Å². The molecule has 0 amide bonds. The van der Waals surface area contributed by atoms with Gasteiger partial charge in [-0.25, -0.2) is 13.0 Å². The maximum absolute atomic E-state index is 12.6. The summed E-state index contributed by atoms with van der Waals surface area (Å²) >= 11 is 5.86. The molecule has 1 aromatic carbocycles. The smallest absolute Gasteiger partial charge is 0.485 e. The average Bonchev–Trinajstić information content (AvgIpc) is 3.08. The van der Waals surface area contributed by atoms with Crippen molar-refractivity contribution in [1.82, 2.24) is 4.57 Å². The Hall–Kier alpha value is -3.06. The Morgan fingerprint density at radius 2 is 1.42 bits per heavy atom. The van der Waals surface area contributed by atoms with Crippen LogP contribution in [0, 0.1) is 0 Å². The number of carbonyl (C=O) groups excluding carboxylic acids is 2. The fourth-order valence-corrected chi connectivity index (χ4v) is 2.61. The number of benzene rings is 1. The van der Waals surface area contributed by atoms with Crippen LogP contribution >= 0.6 is 11.6 Å². The van der Waals surface area contributed by atoms with Crippen molar-refractivity contribution >= 4 is 33.3 Å². The number of aromatic nitrogens is 2. The molecule has 13 heteroatoms. The number of alkyl halides is 3. The van der Waals surface area contributed by atoms with Gasteiger partial charge in [0, 0.05) is 47.1 Å². The summed E-state index contributed by atoms with van der Waals surface area (Å²) in [6, 6.07) is 11.9. The van der Waals surface area contributed by atoms with Crippen molar-refractivity contribution in [2.45, 2.75) is 5.51 Å². The van der Waals surface area contributed by atoms with Gasteiger partial charge in [-0.1, -0.05) is 11.6 Å². The Bertz CT molecular complexity index is 1240. The molecule has 8 nitrogen and oxygen atoms in total. The third-order valence-electron chi connectivity index (χ3n) is 4.13. The molecule has 33 heavy (non-hydrogen) atoms. The lowest BCUT2D eigenvalue weighted by Crippen LogP contribution is -2.26. The Labute approximate surface area is 191 Å². The molecule has 0 aliphatic rings. The second-order valence-corrected chi connectivity index (χ2v) is 8.35. The number of ketones is 2. The molecule has 2 heterocycles. The maximum Gasteiger partial charge on any atom is 0.485 e. The summed E-state index contributed by atoms with van der Waals surface area (Å²) < 4.78 is 62.4. The van der Waals surface area contributed by atoms with Gasteiger partial charge < -0.3 is 14.6 Å². The van der Waals surface area contributed by atoms with Gasteiger partial charge in [-0.2, -0.15) is 13.2 Å². The van der Waals surface area contributed by atoms with Gasteiger partial charge in [0.25, 0.3) is 0 Å². The monoisotopic (exact) mass is 506 g/mol. The molecule has 2 aromatic heterocycles. The number of aryl methyl sites for hydroxylation is 2. The molecule has 3 aromatic rings. The highest BCUT2D eigenvalue weighted by atomic mass is 35.5. The highest BCUT2D eigenvalue weighted by Gasteiger charge is 2.36. The van der Waals surface area contributed by atoms with Crippen LogP contribution in [0.25, 0.3) is 0 Å². The van der Waals surface area contributed by atoms with E-state index < -0.39 is 15.6 Å². The van der Waals surface area contributed by atoms with E-state index in [2.05, 4.69) is 0 Å². The molecule has 0 radical (unpaired) electrons. The van der Waals surface area contributed by atoms with Crippen LogP contribution in [-0.4, -0.2) is 40.1 Å². The lowest BCUT2D eigenvalue weighted by atomic mass is 10.1. The highest BCUT2D eigenvalue weighted by molar-refractivity contribution is 7.86. The lowest BCUT2D eigenvalue weighted by Gasteiger charge is -2.08. The van der Waals surface area contributed by atoms with Crippen LogP contribution in [-0.2, 0) is 24.2 Å². The second-order valence-electron chi connectivity index (χ2n) is 6.54. The van der Waals surface area contributed by atoms with Crippen molar-refractivity contribution in [2.75, 3.05) is 0 Å². The topological polar surface area (TPSA) is 132 Å². The predicted octanol–water partition coefficient (Wildman–Crippen LogP) is 2.19. The molecule has 0 unspecified atom stereocenters. The summed E-state index contributed by atoms with van der Waals surface area (Å²) in [5, 5.41) is 0.575. The first kappa shape index (κ1) is 28.0. The summed E-state index contributed by atoms with van der Waals surface area (Å²) in [5.41, 5.74) is -3.58. The van der Waals surface area contributed by atoms with Gasteiger partial charge in [-0.05, 0) is 30.3 Å². The molecule has 0 saturated carbocycles. The zero-order valence-corrected chi connectivity index (χ0v) is 18.7. The highest BCUT2D eigenvalue weighted by Crippen LogP contribution is 2.20. The third kappa shape index (κ3) is 7.22. The normalized spacial score (nSPS) is 11.1. The van der Waals surface area contributed by atoms with Crippen LogP contribution in [0.15, 0.2) is 61.1 Å². The first-order chi connectivity index (χ1) is 14.7. The fraction of sp³-hybridized carbons (Fsp3) is 0.150. The zero-order chi connectivity index (χ0) is 24.3. The van der Waals surface area contributed by atoms with Crippen LogP contribution in [0.1, 0.15) is 32.0 Å². The van der Waals surface area contributed by atoms with E-state index in [-0.39, 0.29) is 17.0 Å². The van der Waals surface area contributed by atoms with E-state index in [1.807, 2.05) is 24.0 Å². The molecular formula is C20H18ClF3N2O6S. The first-order valence-corrected chi connectivity index (χ1v) is 10.5. The van der Waals surface area contributed by atoms with E-state index in [1.165, 1.54) is 0 Å². The van der Waals surface area contributed by atoms with Crippen LogP contribution in [0.2, 0.25) is 5.02 Å². The summed E-state index contributed by atoms with van der Waals surface area (Å²) in [4.78, 5) is 25.2. The number of nitrogens with zero attached hydrogens (tertiary/aromatic N) is 2. The van der Waals surface area contributed by atoms with Crippen molar-refractivity contribution in [3.05, 3.63) is 88.5 Å². The Kier molecular flexibility index (Phi) is 9.07. The quantitative estimate of drug-likeness (QED) is 0.231. The van der Waals surface area contributed by atoms with Crippen molar-refractivity contribution < 1.29 is 45.8 Å². The van der Waals surface area contributed by atoms with E-state index >= 15 is 0 Å². The minimum Gasteiger partial charge on any atom is -0.741 e. The number of carbonyl (C=O) groups is 2. The van der Waals surface area contributed by atoms with E-state index in [0.29, 0.717) is 27.4 Å². The largest absolute Gasteiger partial charge is 0.741 e. The number of pyridine rings is 1.